The summed E-state index contributed by atoms with van der Waals surface area (Å²) >= 11 is 1.62. The van der Waals surface area contributed by atoms with Crippen LogP contribution in [0.15, 0.2) is 48.5 Å². The van der Waals surface area contributed by atoms with Crippen LogP contribution in [0.4, 0.5) is 15.9 Å². The van der Waals surface area contributed by atoms with E-state index in [0.717, 1.165) is 49.9 Å². The highest BCUT2D eigenvalue weighted by Crippen LogP contribution is 2.42. The molecule has 2 aromatic carbocycles. The zero-order chi connectivity index (χ0) is 20.4. The zero-order valence-electron chi connectivity index (χ0n) is 16.6. The number of para-hydroxylation sites is 2. The van der Waals surface area contributed by atoms with Gasteiger partial charge in [0.15, 0.2) is 0 Å². The van der Waals surface area contributed by atoms with E-state index in [0.29, 0.717) is 12.4 Å². The molecule has 4 nitrogen and oxygen atoms in total. The number of nitrogens with zero attached hydrogens (tertiary/aromatic N) is 2. The molecule has 0 atom stereocenters. The Labute approximate surface area is 173 Å². The van der Waals surface area contributed by atoms with Gasteiger partial charge in [-0.2, -0.15) is 0 Å². The van der Waals surface area contributed by atoms with Gasteiger partial charge in [-0.1, -0.05) is 31.2 Å². The first-order chi connectivity index (χ1) is 14.1. The average molecular weight is 408 g/mol. The highest BCUT2D eigenvalue weighted by molar-refractivity contribution is 7.19. The summed E-state index contributed by atoms with van der Waals surface area (Å²) < 4.78 is 19.3. The SMILES string of the molecule is CCCOc1ccccc1Nc1nc(C)nc2sc(C)c(-c3ccc(F)cc3)c12. The minimum atomic E-state index is -0.251. The van der Waals surface area contributed by atoms with Crippen molar-refractivity contribution in [3.8, 4) is 16.9 Å². The number of ether oxygens (including phenoxy) is 1. The molecule has 0 unspecified atom stereocenters. The summed E-state index contributed by atoms with van der Waals surface area (Å²) in [6.45, 7) is 6.67. The maximum atomic E-state index is 13.5. The van der Waals surface area contributed by atoms with Gasteiger partial charge in [0, 0.05) is 10.4 Å². The van der Waals surface area contributed by atoms with Gasteiger partial charge in [-0.3, -0.25) is 0 Å². The first kappa shape index (κ1) is 19.3. The predicted molar refractivity (Wildman–Crippen MR) is 118 cm³/mol. The van der Waals surface area contributed by atoms with Gasteiger partial charge in [-0.05, 0) is 50.1 Å². The lowest BCUT2D eigenvalue weighted by Gasteiger charge is -2.14. The average Bonchev–Trinajstić information content (AvgIpc) is 3.03. The van der Waals surface area contributed by atoms with Gasteiger partial charge in [0.2, 0.25) is 0 Å². The van der Waals surface area contributed by atoms with Crippen LogP contribution in [0.1, 0.15) is 24.0 Å². The van der Waals surface area contributed by atoms with Crippen molar-refractivity contribution < 1.29 is 9.13 Å². The van der Waals surface area contributed by atoms with Crippen LogP contribution < -0.4 is 10.1 Å². The van der Waals surface area contributed by atoms with Crippen molar-refractivity contribution in [2.45, 2.75) is 27.2 Å². The molecule has 4 rings (SSSR count). The van der Waals surface area contributed by atoms with E-state index in [1.54, 1.807) is 23.5 Å². The van der Waals surface area contributed by atoms with Crippen LogP contribution in [-0.2, 0) is 0 Å². The van der Waals surface area contributed by atoms with Crippen molar-refractivity contribution in [2.24, 2.45) is 0 Å². The Morgan fingerprint density at radius 2 is 1.79 bits per heavy atom. The highest BCUT2D eigenvalue weighted by atomic mass is 32.1. The largest absolute Gasteiger partial charge is 0.491 e. The third kappa shape index (κ3) is 3.93. The molecule has 0 spiro atoms. The van der Waals surface area contributed by atoms with E-state index in [-0.39, 0.29) is 5.82 Å². The number of hydrogen-bond acceptors (Lipinski definition) is 5. The summed E-state index contributed by atoms with van der Waals surface area (Å²) in [6, 6.07) is 14.4. The molecule has 2 heterocycles. The molecule has 1 N–H and O–H groups in total. The summed E-state index contributed by atoms with van der Waals surface area (Å²) in [5, 5.41) is 4.40. The first-order valence-corrected chi connectivity index (χ1v) is 10.4. The van der Waals surface area contributed by atoms with E-state index in [1.807, 2.05) is 31.2 Å². The quantitative estimate of drug-likeness (QED) is 0.389. The van der Waals surface area contributed by atoms with Gasteiger partial charge >= 0.3 is 0 Å². The lowest BCUT2D eigenvalue weighted by Crippen LogP contribution is -2.02. The van der Waals surface area contributed by atoms with E-state index in [1.165, 1.54) is 12.1 Å². The maximum Gasteiger partial charge on any atom is 0.143 e. The number of nitrogens with one attached hydrogen (secondary N) is 1. The lowest BCUT2D eigenvalue weighted by molar-refractivity contribution is 0.319. The van der Waals surface area contributed by atoms with Crippen molar-refractivity contribution in [3.05, 3.63) is 65.0 Å². The van der Waals surface area contributed by atoms with Crippen LogP contribution in [0.3, 0.4) is 0 Å². The summed E-state index contributed by atoms with van der Waals surface area (Å²) in [4.78, 5) is 11.3. The number of thiophene rings is 1. The molecule has 0 fully saturated rings. The minimum Gasteiger partial charge on any atom is -0.491 e. The number of hydrogen-bond donors (Lipinski definition) is 1. The second-order valence-electron chi connectivity index (χ2n) is 6.81. The first-order valence-electron chi connectivity index (χ1n) is 9.59. The molecule has 0 amide bonds. The Morgan fingerprint density at radius 3 is 2.55 bits per heavy atom. The van der Waals surface area contributed by atoms with E-state index >= 15 is 0 Å². The number of aryl methyl sites for hydroxylation is 2. The molecule has 0 saturated heterocycles. The fourth-order valence-corrected chi connectivity index (χ4v) is 4.40. The van der Waals surface area contributed by atoms with E-state index in [9.17, 15) is 4.39 Å². The number of halogens is 1. The molecule has 2 aromatic heterocycles. The van der Waals surface area contributed by atoms with Gasteiger partial charge in [-0.25, -0.2) is 14.4 Å². The normalized spacial score (nSPS) is 11.0. The Kier molecular flexibility index (Phi) is 5.45. The monoisotopic (exact) mass is 407 g/mol. The number of fused-ring (bicyclic) bond motifs is 1. The number of benzene rings is 2. The van der Waals surface area contributed by atoms with E-state index in [4.69, 9.17) is 4.74 Å². The van der Waals surface area contributed by atoms with Crippen molar-refractivity contribution in [1.29, 1.82) is 0 Å². The zero-order valence-corrected chi connectivity index (χ0v) is 17.4. The number of anilines is 2. The molecule has 0 bridgehead atoms. The number of rotatable bonds is 6. The van der Waals surface area contributed by atoms with E-state index < -0.39 is 0 Å². The van der Waals surface area contributed by atoms with Crippen LogP contribution in [-0.4, -0.2) is 16.6 Å². The highest BCUT2D eigenvalue weighted by Gasteiger charge is 2.19. The molecule has 29 heavy (non-hydrogen) atoms. The molecule has 0 aliphatic heterocycles. The molecular formula is C23H22FN3OS. The van der Waals surface area contributed by atoms with Crippen LogP contribution in [0.25, 0.3) is 21.3 Å². The summed E-state index contributed by atoms with van der Waals surface area (Å²) in [5.74, 6) is 1.95. The van der Waals surface area contributed by atoms with Gasteiger partial charge in [-0.15, -0.1) is 11.3 Å². The standard InChI is InChI=1S/C23H22FN3OS/c1-4-13-28-19-8-6-5-7-18(19)27-22-21-20(16-9-11-17(24)12-10-16)14(2)29-23(21)26-15(3)25-22/h5-12H,4,13H2,1-3H3,(H,25,26,27). The van der Waals surface area contributed by atoms with Crippen molar-refractivity contribution in [2.75, 3.05) is 11.9 Å². The van der Waals surface area contributed by atoms with Gasteiger partial charge in [0.1, 0.15) is 28.0 Å². The van der Waals surface area contributed by atoms with E-state index in [2.05, 4.69) is 29.1 Å². The molecule has 0 saturated carbocycles. The fourth-order valence-electron chi connectivity index (χ4n) is 3.31. The topological polar surface area (TPSA) is 47.0 Å². The Bertz CT molecular complexity index is 1150. The predicted octanol–water partition coefficient (Wildman–Crippen LogP) is 6.65. The molecule has 148 valence electrons. The summed E-state index contributed by atoms with van der Waals surface area (Å²) in [6.07, 6.45) is 0.934. The smallest absolute Gasteiger partial charge is 0.143 e. The second kappa shape index (κ2) is 8.17. The van der Waals surface area contributed by atoms with Gasteiger partial charge in [0.25, 0.3) is 0 Å². The summed E-state index contributed by atoms with van der Waals surface area (Å²) in [7, 11) is 0. The van der Waals surface area contributed by atoms with Crippen molar-refractivity contribution in [3.63, 3.8) is 0 Å². The number of aromatic nitrogens is 2. The van der Waals surface area contributed by atoms with Gasteiger partial charge in [0.05, 0.1) is 17.7 Å². The molecule has 0 aliphatic rings. The second-order valence-corrected chi connectivity index (χ2v) is 8.01. The maximum absolute atomic E-state index is 13.5. The van der Waals surface area contributed by atoms with Crippen molar-refractivity contribution >= 4 is 33.1 Å². The molecular weight excluding hydrogens is 385 g/mol. The lowest BCUT2D eigenvalue weighted by atomic mass is 10.0. The molecule has 6 heteroatoms. The van der Waals surface area contributed by atoms with Crippen LogP contribution in [0.2, 0.25) is 0 Å². The van der Waals surface area contributed by atoms with Crippen molar-refractivity contribution in [1.82, 2.24) is 9.97 Å². The molecule has 0 aliphatic carbocycles. The van der Waals surface area contributed by atoms with Crippen LogP contribution in [0, 0.1) is 19.7 Å². The minimum absolute atomic E-state index is 0.251. The third-order valence-corrected chi connectivity index (χ3v) is 5.57. The van der Waals surface area contributed by atoms with Gasteiger partial charge < -0.3 is 10.1 Å². The molecule has 0 radical (unpaired) electrons. The van der Waals surface area contributed by atoms with Crippen LogP contribution >= 0.6 is 11.3 Å². The van der Waals surface area contributed by atoms with Crippen LogP contribution in [0.5, 0.6) is 5.75 Å². The Hall–Kier alpha value is -2.99. The fraction of sp³-hybridized carbons (Fsp3) is 0.217. The summed E-state index contributed by atoms with van der Waals surface area (Å²) in [5.41, 5.74) is 2.83. The Morgan fingerprint density at radius 1 is 1.03 bits per heavy atom. The third-order valence-electron chi connectivity index (χ3n) is 4.57. The molecule has 4 aromatic rings. The Balaban J connectivity index is 1.86.